The van der Waals surface area contributed by atoms with Crippen molar-refractivity contribution in [2.24, 2.45) is 0 Å². The molecule has 1 aliphatic heterocycles. The molecule has 2 rings (SSSR count). The SMILES string of the molecule is CC(=O)N[C@@H]1[C@@H](Oc2ccc(N)cc2)OC(CO)[C@H](O)[C@@H]1O. The summed E-state index contributed by atoms with van der Waals surface area (Å²) in [5, 5.41) is 31.7. The van der Waals surface area contributed by atoms with E-state index in [1.165, 1.54) is 6.92 Å². The second kappa shape index (κ2) is 6.93. The minimum Gasteiger partial charge on any atom is -0.463 e. The fourth-order valence-corrected chi connectivity index (χ4v) is 2.25. The van der Waals surface area contributed by atoms with Crippen molar-refractivity contribution in [3.63, 3.8) is 0 Å². The Morgan fingerprint density at radius 3 is 2.50 bits per heavy atom. The summed E-state index contributed by atoms with van der Waals surface area (Å²) in [5.41, 5.74) is 6.14. The number of rotatable bonds is 4. The Balaban J connectivity index is 2.18. The molecule has 1 saturated heterocycles. The number of nitrogen functional groups attached to an aromatic ring is 1. The predicted molar refractivity (Wildman–Crippen MR) is 76.8 cm³/mol. The number of hydrogen-bond acceptors (Lipinski definition) is 7. The molecular formula is C14H20N2O6. The normalized spacial score (nSPS) is 31.5. The first-order chi connectivity index (χ1) is 10.4. The maximum absolute atomic E-state index is 11.3. The van der Waals surface area contributed by atoms with E-state index in [4.69, 9.17) is 15.2 Å². The fourth-order valence-electron chi connectivity index (χ4n) is 2.25. The van der Waals surface area contributed by atoms with Gasteiger partial charge in [-0.1, -0.05) is 0 Å². The second-order valence-electron chi connectivity index (χ2n) is 5.12. The molecule has 1 amide bonds. The topological polar surface area (TPSA) is 134 Å². The molecule has 0 bridgehead atoms. The summed E-state index contributed by atoms with van der Waals surface area (Å²) in [6, 6.07) is 5.48. The molecule has 1 aromatic carbocycles. The van der Waals surface area contributed by atoms with Crippen molar-refractivity contribution in [2.75, 3.05) is 12.3 Å². The summed E-state index contributed by atoms with van der Waals surface area (Å²) in [5.74, 6) is 0.00281. The van der Waals surface area contributed by atoms with Gasteiger partial charge in [-0.25, -0.2) is 0 Å². The molecule has 0 spiro atoms. The van der Waals surface area contributed by atoms with Gasteiger partial charge in [-0.05, 0) is 24.3 Å². The largest absolute Gasteiger partial charge is 0.463 e. The van der Waals surface area contributed by atoms with Gasteiger partial charge in [0.2, 0.25) is 12.2 Å². The molecule has 1 unspecified atom stereocenters. The molecule has 122 valence electrons. The van der Waals surface area contributed by atoms with Crippen LogP contribution in [0.25, 0.3) is 0 Å². The van der Waals surface area contributed by atoms with Crippen LogP contribution >= 0.6 is 0 Å². The minimum atomic E-state index is -1.34. The van der Waals surface area contributed by atoms with E-state index in [9.17, 15) is 20.1 Å². The Hall–Kier alpha value is -1.87. The number of carbonyl (C=O) groups is 1. The van der Waals surface area contributed by atoms with Crippen LogP contribution in [0.5, 0.6) is 5.75 Å². The van der Waals surface area contributed by atoms with E-state index in [-0.39, 0.29) is 0 Å². The molecule has 22 heavy (non-hydrogen) atoms. The van der Waals surface area contributed by atoms with E-state index >= 15 is 0 Å². The molecule has 1 heterocycles. The highest BCUT2D eigenvalue weighted by molar-refractivity contribution is 5.73. The predicted octanol–water partition coefficient (Wildman–Crippen LogP) is -1.41. The van der Waals surface area contributed by atoms with Gasteiger partial charge in [-0.2, -0.15) is 0 Å². The van der Waals surface area contributed by atoms with Gasteiger partial charge in [0.25, 0.3) is 0 Å². The maximum Gasteiger partial charge on any atom is 0.223 e. The van der Waals surface area contributed by atoms with Crippen molar-refractivity contribution >= 4 is 11.6 Å². The summed E-state index contributed by atoms with van der Waals surface area (Å²) < 4.78 is 11.0. The third kappa shape index (κ3) is 3.66. The van der Waals surface area contributed by atoms with Crippen LogP contribution in [0.4, 0.5) is 5.69 Å². The van der Waals surface area contributed by atoms with Gasteiger partial charge >= 0.3 is 0 Å². The molecular weight excluding hydrogens is 292 g/mol. The third-order valence-corrected chi connectivity index (χ3v) is 3.38. The molecule has 1 aliphatic rings. The van der Waals surface area contributed by atoms with E-state index in [1.54, 1.807) is 24.3 Å². The van der Waals surface area contributed by atoms with Crippen LogP contribution in [-0.2, 0) is 9.53 Å². The highest BCUT2D eigenvalue weighted by Gasteiger charge is 2.46. The average Bonchev–Trinajstić information content (AvgIpc) is 2.48. The molecule has 1 fully saturated rings. The molecule has 1 aromatic rings. The number of aliphatic hydroxyl groups is 3. The monoisotopic (exact) mass is 312 g/mol. The van der Waals surface area contributed by atoms with E-state index in [0.29, 0.717) is 11.4 Å². The highest BCUT2D eigenvalue weighted by atomic mass is 16.7. The first-order valence-electron chi connectivity index (χ1n) is 6.84. The lowest BCUT2D eigenvalue weighted by atomic mass is 9.97. The van der Waals surface area contributed by atoms with Crippen LogP contribution < -0.4 is 15.8 Å². The van der Waals surface area contributed by atoms with Crippen molar-refractivity contribution in [1.82, 2.24) is 5.32 Å². The van der Waals surface area contributed by atoms with Crippen LogP contribution in [0, 0.1) is 0 Å². The van der Waals surface area contributed by atoms with Crippen molar-refractivity contribution in [3.05, 3.63) is 24.3 Å². The number of nitrogens with one attached hydrogen (secondary N) is 1. The van der Waals surface area contributed by atoms with Crippen LogP contribution in [0.1, 0.15) is 6.92 Å². The number of anilines is 1. The zero-order valence-corrected chi connectivity index (χ0v) is 12.0. The Morgan fingerprint density at radius 2 is 1.95 bits per heavy atom. The number of carbonyl (C=O) groups excluding carboxylic acids is 1. The molecule has 0 aliphatic carbocycles. The van der Waals surface area contributed by atoms with Crippen molar-refractivity contribution in [2.45, 2.75) is 37.6 Å². The Kier molecular flexibility index (Phi) is 5.19. The summed E-state index contributed by atoms with van der Waals surface area (Å²) >= 11 is 0. The zero-order valence-electron chi connectivity index (χ0n) is 12.0. The summed E-state index contributed by atoms with van der Waals surface area (Å²) in [6.07, 6.45) is -4.76. The lowest BCUT2D eigenvalue weighted by Gasteiger charge is -2.42. The third-order valence-electron chi connectivity index (χ3n) is 3.38. The van der Waals surface area contributed by atoms with E-state index in [1.807, 2.05) is 0 Å². The number of benzene rings is 1. The van der Waals surface area contributed by atoms with Gasteiger partial charge in [0, 0.05) is 12.6 Å². The van der Waals surface area contributed by atoms with Gasteiger partial charge in [0.05, 0.1) is 6.61 Å². The molecule has 8 nitrogen and oxygen atoms in total. The highest BCUT2D eigenvalue weighted by Crippen LogP contribution is 2.24. The van der Waals surface area contributed by atoms with Crippen LogP contribution in [-0.4, -0.2) is 58.5 Å². The van der Waals surface area contributed by atoms with Gasteiger partial charge in [0.1, 0.15) is 30.1 Å². The lowest BCUT2D eigenvalue weighted by Crippen LogP contribution is -2.65. The zero-order chi connectivity index (χ0) is 16.3. The average molecular weight is 312 g/mol. The molecule has 0 saturated carbocycles. The van der Waals surface area contributed by atoms with E-state index < -0.39 is 43.2 Å². The first-order valence-corrected chi connectivity index (χ1v) is 6.84. The van der Waals surface area contributed by atoms with E-state index in [0.717, 1.165) is 0 Å². The maximum atomic E-state index is 11.3. The number of hydrogen-bond donors (Lipinski definition) is 5. The van der Waals surface area contributed by atoms with Crippen LogP contribution in [0.15, 0.2) is 24.3 Å². The second-order valence-corrected chi connectivity index (χ2v) is 5.12. The minimum absolute atomic E-state index is 0.409. The lowest BCUT2D eigenvalue weighted by molar-refractivity contribution is -0.244. The molecule has 5 atom stereocenters. The molecule has 6 N–H and O–H groups in total. The van der Waals surface area contributed by atoms with Gasteiger partial charge in [-0.15, -0.1) is 0 Å². The number of aliphatic hydroxyl groups excluding tert-OH is 3. The van der Waals surface area contributed by atoms with Gasteiger partial charge in [-0.3, -0.25) is 4.79 Å². The first kappa shape index (κ1) is 16.5. The van der Waals surface area contributed by atoms with Crippen molar-refractivity contribution in [3.8, 4) is 5.75 Å². The molecule has 0 aromatic heterocycles. The smallest absolute Gasteiger partial charge is 0.223 e. The summed E-state index contributed by atoms with van der Waals surface area (Å²) in [4.78, 5) is 11.3. The Bertz CT molecular complexity index is 509. The fraction of sp³-hybridized carbons (Fsp3) is 0.500. The van der Waals surface area contributed by atoms with Gasteiger partial charge < -0.3 is 35.8 Å². The Labute approximate surface area is 127 Å². The van der Waals surface area contributed by atoms with Crippen molar-refractivity contribution < 1.29 is 29.6 Å². The quantitative estimate of drug-likeness (QED) is 0.431. The van der Waals surface area contributed by atoms with Crippen LogP contribution in [0.3, 0.4) is 0 Å². The summed E-state index contributed by atoms with van der Waals surface area (Å²) in [7, 11) is 0. The summed E-state index contributed by atoms with van der Waals surface area (Å²) in [6.45, 7) is 0.782. The molecule has 8 heteroatoms. The molecule has 0 radical (unpaired) electrons. The number of ether oxygens (including phenoxy) is 2. The van der Waals surface area contributed by atoms with E-state index in [2.05, 4.69) is 5.32 Å². The number of nitrogens with two attached hydrogens (primary N) is 1. The van der Waals surface area contributed by atoms with Gasteiger partial charge in [0.15, 0.2) is 0 Å². The van der Waals surface area contributed by atoms with Crippen LogP contribution in [0.2, 0.25) is 0 Å². The number of amides is 1. The van der Waals surface area contributed by atoms with Crippen molar-refractivity contribution in [1.29, 1.82) is 0 Å². The Morgan fingerprint density at radius 1 is 1.32 bits per heavy atom. The standard InChI is InChI=1S/C14H20N2O6/c1-7(18)16-11-13(20)12(19)10(6-17)22-14(11)21-9-4-2-8(15)3-5-9/h2-5,10-14,17,19-20H,6,15H2,1H3,(H,16,18)/t10?,11-,12-,13+,14-/m0/s1.